The second-order valence-corrected chi connectivity index (χ2v) is 6.58. The van der Waals surface area contributed by atoms with Crippen molar-refractivity contribution in [2.45, 2.75) is 17.9 Å². The van der Waals surface area contributed by atoms with Gasteiger partial charge in [-0.05, 0) is 17.7 Å². The minimum atomic E-state index is -1.52. The molecular weight excluding hydrogens is 343 g/mol. The summed E-state index contributed by atoms with van der Waals surface area (Å²) in [5, 5.41) is 0. The molecule has 1 heterocycles. The van der Waals surface area contributed by atoms with Crippen LogP contribution in [-0.2, 0) is 15.1 Å². The van der Waals surface area contributed by atoms with E-state index < -0.39 is 23.3 Å². The van der Waals surface area contributed by atoms with Crippen LogP contribution in [0.25, 0.3) is 0 Å². The Bertz CT molecular complexity index is 985. The fraction of sp³-hybridized carbons (Fsp3) is 0.130. The highest BCUT2D eigenvalue weighted by Crippen LogP contribution is 2.49. The number of hydrogen-bond donors (Lipinski definition) is 0. The van der Waals surface area contributed by atoms with E-state index in [1.54, 1.807) is 60.7 Å². The maximum atomic E-state index is 13.9. The van der Waals surface area contributed by atoms with Crippen LogP contribution in [0, 0.1) is 5.82 Å². The number of Topliss-reactive ketones (excluding diaryl/α,β-unsaturated/α-hetero) is 1. The molecule has 1 aliphatic heterocycles. The van der Waals surface area contributed by atoms with E-state index in [-0.39, 0.29) is 12.2 Å². The summed E-state index contributed by atoms with van der Waals surface area (Å²) in [6.45, 7) is 0. The van der Waals surface area contributed by atoms with Gasteiger partial charge in [-0.25, -0.2) is 4.39 Å². The van der Waals surface area contributed by atoms with E-state index in [0.717, 1.165) is 0 Å². The van der Waals surface area contributed by atoms with Crippen LogP contribution in [0.4, 0.5) is 4.39 Å². The highest BCUT2D eigenvalue weighted by Gasteiger charge is 2.56. The molecule has 27 heavy (non-hydrogen) atoms. The van der Waals surface area contributed by atoms with Crippen LogP contribution < -0.4 is 0 Å². The van der Waals surface area contributed by atoms with Gasteiger partial charge < -0.3 is 4.74 Å². The zero-order valence-corrected chi connectivity index (χ0v) is 14.5. The van der Waals surface area contributed by atoms with Crippen molar-refractivity contribution in [1.29, 1.82) is 0 Å². The number of ether oxygens (including phenoxy) is 1. The van der Waals surface area contributed by atoms with E-state index >= 15 is 0 Å². The van der Waals surface area contributed by atoms with Gasteiger partial charge in [0.2, 0.25) is 11.4 Å². The summed E-state index contributed by atoms with van der Waals surface area (Å²) in [6.07, 6.45) is 0.0108. The Labute approximate surface area is 156 Å². The van der Waals surface area contributed by atoms with E-state index in [2.05, 4.69) is 0 Å². The number of esters is 1. The van der Waals surface area contributed by atoms with E-state index in [0.29, 0.717) is 16.7 Å². The number of carbonyl (C=O) groups excluding carboxylic acids is 2. The third-order valence-corrected chi connectivity index (χ3v) is 4.96. The smallest absolute Gasteiger partial charge is 0.307 e. The topological polar surface area (TPSA) is 43.4 Å². The molecule has 134 valence electrons. The van der Waals surface area contributed by atoms with Gasteiger partial charge in [0, 0.05) is 17.0 Å². The molecule has 3 aromatic rings. The lowest BCUT2D eigenvalue weighted by molar-refractivity contribution is -0.146. The average molecular weight is 360 g/mol. The monoisotopic (exact) mass is 360 g/mol. The molecule has 4 heteroatoms. The second-order valence-electron chi connectivity index (χ2n) is 6.58. The number of carbonyl (C=O) groups is 2. The summed E-state index contributed by atoms with van der Waals surface area (Å²) in [7, 11) is 0. The fourth-order valence-electron chi connectivity index (χ4n) is 3.76. The van der Waals surface area contributed by atoms with Gasteiger partial charge in [0.15, 0.2) is 0 Å². The first-order valence-electron chi connectivity index (χ1n) is 8.74. The molecule has 0 aromatic heterocycles. The van der Waals surface area contributed by atoms with Crippen LogP contribution in [-0.4, -0.2) is 11.8 Å². The maximum Gasteiger partial charge on any atom is 0.307 e. The van der Waals surface area contributed by atoms with Crippen LogP contribution in [0.1, 0.15) is 33.8 Å². The normalized spacial score (nSPS) is 21.7. The average Bonchev–Trinajstić information content (AvgIpc) is 3.07. The first kappa shape index (κ1) is 17.2. The number of cyclic esters (lactones) is 1. The molecule has 0 amide bonds. The summed E-state index contributed by atoms with van der Waals surface area (Å²) < 4.78 is 19.6. The van der Waals surface area contributed by atoms with Crippen molar-refractivity contribution < 1.29 is 18.7 Å². The molecule has 1 aliphatic rings. The molecule has 0 spiro atoms. The van der Waals surface area contributed by atoms with Crippen molar-refractivity contribution in [3.05, 3.63) is 107 Å². The van der Waals surface area contributed by atoms with E-state index in [1.807, 2.05) is 12.1 Å². The predicted molar refractivity (Wildman–Crippen MR) is 98.7 cm³/mol. The molecule has 4 rings (SSSR count). The maximum absolute atomic E-state index is 13.9. The predicted octanol–water partition coefficient (Wildman–Crippen LogP) is 4.63. The number of hydrogen-bond acceptors (Lipinski definition) is 3. The highest BCUT2D eigenvalue weighted by molar-refractivity contribution is 6.06. The molecule has 0 N–H and O–H groups in total. The number of benzene rings is 3. The minimum Gasteiger partial charge on any atom is -0.445 e. The lowest BCUT2D eigenvalue weighted by Gasteiger charge is -2.33. The van der Waals surface area contributed by atoms with Crippen molar-refractivity contribution in [3.8, 4) is 0 Å². The van der Waals surface area contributed by atoms with Crippen LogP contribution >= 0.6 is 0 Å². The minimum absolute atomic E-state index is 0.0108. The van der Waals surface area contributed by atoms with E-state index in [9.17, 15) is 14.0 Å². The van der Waals surface area contributed by atoms with Gasteiger partial charge in [0.05, 0.1) is 6.42 Å². The van der Waals surface area contributed by atoms with Crippen molar-refractivity contribution in [3.63, 3.8) is 0 Å². The molecule has 0 saturated carbocycles. The lowest BCUT2D eigenvalue weighted by atomic mass is 9.73. The summed E-state index contributed by atoms with van der Waals surface area (Å²) in [4.78, 5) is 26.0. The third kappa shape index (κ3) is 2.93. The van der Waals surface area contributed by atoms with Crippen LogP contribution in [0.2, 0.25) is 0 Å². The molecule has 0 unspecified atom stereocenters. The lowest BCUT2D eigenvalue weighted by Crippen LogP contribution is -2.40. The number of halogens is 1. The van der Waals surface area contributed by atoms with Crippen molar-refractivity contribution in [2.24, 2.45) is 0 Å². The zero-order chi connectivity index (χ0) is 18.9. The Hall–Kier alpha value is -3.27. The Morgan fingerprint density at radius 3 is 2.26 bits per heavy atom. The second kappa shape index (κ2) is 6.80. The summed E-state index contributed by atoms with van der Waals surface area (Å²) >= 11 is 0. The molecule has 0 aliphatic carbocycles. The van der Waals surface area contributed by atoms with Crippen LogP contribution in [0.3, 0.4) is 0 Å². The molecule has 1 fully saturated rings. The van der Waals surface area contributed by atoms with Gasteiger partial charge in [-0.2, -0.15) is 0 Å². The summed E-state index contributed by atoms with van der Waals surface area (Å²) in [5.74, 6) is -1.82. The van der Waals surface area contributed by atoms with Crippen LogP contribution in [0.5, 0.6) is 0 Å². The SMILES string of the molecule is O=C1C[C@@H](c2cccc(F)c2)[C@@](C(=O)c2ccccc2)(c2ccccc2)O1. The Balaban J connectivity index is 1.94. The third-order valence-electron chi connectivity index (χ3n) is 4.96. The van der Waals surface area contributed by atoms with E-state index in [4.69, 9.17) is 4.74 Å². The first-order valence-corrected chi connectivity index (χ1v) is 8.74. The largest absolute Gasteiger partial charge is 0.445 e. The van der Waals surface area contributed by atoms with Crippen molar-refractivity contribution >= 4 is 11.8 Å². The quantitative estimate of drug-likeness (QED) is 0.503. The highest BCUT2D eigenvalue weighted by atomic mass is 19.1. The Morgan fingerprint density at radius 1 is 0.926 bits per heavy atom. The Kier molecular flexibility index (Phi) is 4.32. The molecule has 0 radical (unpaired) electrons. The fourth-order valence-corrected chi connectivity index (χ4v) is 3.76. The molecule has 3 nitrogen and oxygen atoms in total. The molecule has 1 saturated heterocycles. The summed E-state index contributed by atoms with van der Waals surface area (Å²) in [6, 6.07) is 23.7. The van der Waals surface area contributed by atoms with Gasteiger partial charge in [-0.3, -0.25) is 9.59 Å². The molecular formula is C23H17FO3. The van der Waals surface area contributed by atoms with Gasteiger partial charge in [-0.1, -0.05) is 72.8 Å². The molecule has 3 aromatic carbocycles. The van der Waals surface area contributed by atoms with Gasteiger partial charge in [-0.15, -0.1) is 0 Å². The van der Waals surface area contributed by atoms with Crippen molar-refractivity contribution in [2.75, 3.05) is 0 Å². The molecule has 2 atom stereocenters. The van der Waals surface area contributed by atoms with Gasteiger partial charge in [0.1, 0.15) is 5.82 Å². The number of ketones is 1. The van der Waals surface area contributed by atoms with Gasteiger partial charge in [0.25, 0.3) is 0 Å². The molecule has 0 bridgehead atoms. The first-order chi connectivity index (χ1) is 13.1. The Morgan fingerprint density at radius 2 is 1.59 bits per heavy atom. The van der Waals surface area contributed by atoms with Crippen molar-refractivity contribution in [1.82, 2.24) is 0 Å². The standard InChI is InChI=1S/C23H17FO3/c24-19-13-7-10-17(14-19)20-15-21(25)27-23(20,18-11-5-2-6-12-18)22(26)16-8-3-1-4-9-16/h1-14,20H,15H2/t20-,23+/m0/s1. The zero-order valence-electron chi connectivity index (χ0n) is 14.5. The van der Waals surface area contributed by atoms with E-state index in [1.165, 1.54) is 12.1 Å². The summed E-state index contributed by atoms with van der Waals surface area (Å²) in [5.41, 5.74) is 0.0680. The van der Waals surface area contributed by atoms with Gasteiger partial charge >= 0.3 is 5.97 Å². The number of rotatable bonds is 4. The van der Waals surface area contributed by atoms with Crippen LogP contribution in [0.15, 0.2) is 84.9 Å².